The highest BCUT2D eigenvalue weighted by Gasteiger charge is 2.30. The van der Waals surface area contributed by atoms with Crippen molar-refractivity contribution in [2.24, 2.45) is 17.6 Å². The minimum Gasteiger partial charge on any atom is -0.370 e. The lowest BCUT2D eigenvalue weighted by Crippen LogP contribution is -2.28. The van der Waals surface area contributed by atoms with E-state index in [9.17, 15) is 0 Å². The Morgan fingerprint density at radius 1 is 1.21 bits per heavy atom. The zero-order valence-electron chi connectivity index (χ0n) is 11.6. The van der Waals surface area contributed by atoms with Gasteiger partial charge in [0.05, 0.1) is 10.7 Å². The van der Waals surface area contributed by atoms with Gasteiger partial charge in [-0.3, -0.25) is 0 Å². The molecule has 0 spiro atoms. The van der Waals surface area contributed by atoms with Gasteiger partial charge in [0.15, 0.2) is 0 Å². The molecule has 2 N–H and O–H groups in total. The summed E-state index contributed by atoms with van der Waals surface area (Å²) >= 11 is 6.48. The van der Waals surface area contributed by atoms with Gasteiger partial charge < -0.3 is 10.6 Å². The molecule has 3 rings (SSSR count). The number of hydrogen-bond donors (Lipinski definition) is 1. The van der Waals surface area contributed by atoms with Crippen LogP contribution in [0.1, 0.15) is 44.2 Å². The highest BCUT2D eigenvalue weighted by molar-refractivity contribution is 6.33. The van der Waals surface area contributed by atoms with Gasteiger partial charge >= 0.3 is 0 Å². The number of hydrogen-bond acceptors (Lipinski definition) is 2. The molecule has 2 saturated carbocycles. The van der Waals surface area contributed by atoms with E-state index in [1.165, 1.54) is 44.5 Å². The maximum atomic E-state index is 6.48. The van der Waals surface area contributed by atoms with E-state index >= 15 is 0 Å². The molecule has 1 aromatic rings. The lowest BCUT2D eigenvalue weighted by Gasteiger charge is -2.26. The van der Waals surface area contributed by atoms with E-state index in [1.54, 1.807) is 0 Å². The molecule has 3 heteroatoms. The normalized spacial score (nSPS) is 20.4. The van der Waals surface area contributed by atoms with Crippen LogP contribution in [0.25, 0.3) is 0 Å². The second kappa shape index (κ2) is 5.34. The van der Waals surface area contributed by atoms with Gasteiger partial charge in [-0.2, -0.15) is 0 Å². The number of nitrogens with zero attached hydrogens (tertiary/aromatic N) is 1. The fourth-order valence-corrected chi connectivity index (χ4v) is 2.87. The van der Waals surface area contributed by atoms with Gasteiger partial charge in [-0.1, -0.05) is 17.7 Å². The Balaban J connectivity index is 1.79. The number of anilines is 1. The van der Waals surface area contributed by atoms with Crippen LogP contribution in [-0.4, -0.2) is 13.1 Å². The van der Waals surface area contributed by atoms with E-state index in [-0.39, 0.29) is 6.04 Å². The quantitative estimate of drug-likeness (QED) is 0.853. The van der Waals surface area contributed by atoms with Crippen molar-refractivity contribution < 1.29 is 0 Å². The minimum atomic E-state index is 0.0480. The van der Waals surface area contributed by atoms with Crippen LogP contribution >= 0.6 is 11.6 Å². The Hall–Kier alpha value is -0.730. The van der Waals surface area contributed by atoms with Crippen molar-refractivity contribution in [2.45, 2.75) is 38.6 Å². The minimum absolute atomic E-state index is 0.0480. The molecule has 1 aromatic carbocycles. The van der Waals surface area contributed by atoms with Crippen LogP contribution in [0.4, 0.5) is 5.69 Å². The van der Waals surface area contributed by atoms with Gasteiger partial charge in [-0.15, -0.1) is 0 Å². The summed E-state index contributed by atoms with van der Waals surface area (Å²) in [5.74, 6) is 1.78. The van der Waals surface area contributed by atoms with Crippen molar-refractivity contribution in [3.05, 3.63) is 28.8 Å². The van der Waals surface area contributed by atoms with E-state index in [0.29, 0.717) is 0 Å². The molecule has 0 bridgehead atoms. The van der Waals surface area contributed by atoms with Crippen LogP contribution < -0.4 is 10.6 Å². The summed E-state index contributed by atoms with van der Waals surface area (Å²) in [7, 11) is 0. The van der Waals surface area contributed by atoms with Crippen molar-refractivity contribution in [2.75, 3.05) is 18.0 Å². The largest absolute Gasteiger partial charge is 0.370 e. The standard InChI is InChI=1S/C16H23ClN2/c1-11(18)14-6-7-16(15(17)8-14)19(9-12-2-3-12)10-13-4-5-13/h6-8,11-13H,2-5,9-10,18H2,1H3/t11-/m0/s1. The third-order valence-corrected chi connectivity index (χ3v) is 4.49. The SMILES string of the molecule is C[C@H](N)c1ccc(N(CC2CC2)CC2CC2)c(Cl)c1. The molecule has 2 aliphatic carbocycles. The molecule has 2 aliphatic rings. The van der Waals surface area contributed by atoms with E-state index < -0.39 is 0 Å². The monoisotopic (exact) mass is 278 g/mol. The lowest BCUT2D eigenvalue weighted by molar-refractivity contribution is 0.679. The highest BCUT2D eigenvalue weighted by Crippen LogP contribution is 2.38. The summed E-state index contributed by atoms with van der Waals surface area (Å²) in [4.78, 5) is 2.50. The number of nitrogens with two attached hydrogens (primary N) is 1. The second-order valence-electron chi connectivity index (χ2n) is 6.29. The molecule has 0 aliphatic heterocycles. The fraction of sp³-hybridized carbons (Fsp3) is 0.625. The fourth-order valence-electron chi connectivity index (χ4n) is 2.56. The van der Waals surface area contributed by atoms with Gasteiger partial charge in [-0.05, 0) is 62.1 Å². The molecule has 2 fully saturated rings. The van der Waals surface area contributed by atoms with Gasteiger partial charge in [0.2, 0.25) is 0 Å². The molecule has 0 unspecified atom stereocenters. The Labute approximate surface area is 120 Å². The number of rotatable bonds is 6. The number of benzene rings is 1. The van der Waals surface area contributed by atoms with Crippen LogP contribution in [0.5, 0.6) is 0 Å². The second-order valence-corrected chi connectivity index (χ2v) is 6.70. The van der Waals surface area contributed by atoms with E-state index in [1.807, 2.05) is 13.0 Å². The number of halogens is 1. The maximum Gasteiger partial charge on any atom is 0.0642 e. The molecule has 0 heterocycles. The van der Waals surface area contributed by atoms with Crippen LogP contribution in [0, 0.1) is 11.8 Å². The topological polar surface area (TPSA) is 29.3 Å². The molecule has 0 radical (unpaired) electrons. The average molecular weight is 279 g/mol. The zero-order valence-corrected chi connectivity index (χ0v) is 12.4. The van der Waals surface area contributed by atoms with Crippen molar-refractivity contribution in [1.29, 1.82) is 0 Å². The van der Waals surface area contributed by atoms with Gasteiger partial charge in [0, 0.05) is 19.1 Å². The molecule has 2 nitrogen and oxygen atoms in total. The van der Waals surface area contributed by atoms with Crippen molar-refractivity contribution in [3.8, 4) is 0 Å². The van der Waals surface area contributed by atoms with Gasteiger partial charge in [-0.25, -0.2) is 0 Å². The molecule has 0 saturated heterocycles. The summed E-state index contributed by atoms with van der Waals surface area (Å²) < 4.78 is 0. The summed E-state index contributed by atoms with van der Waals surface area (Å²) in [5.41, 5.74) is 8.23. The first kappa shape index (κ1) is 13.3. The summed E-state index contributed by atoms with van der Waals surface area (Å²) in [6, 6.07) is 6.37. The summed E-state index contributed by atoms with van der Waals surface area (Å²) in [6.07, 6.45) is 5.54. The van der Waals surface area contributed by atoms with Crippen LogP contribution in [0.2, 0.25) is 5.02 Å². The summed E-state index contributed by atoms with van der Waals surface area (Å²) in [5, 5.41) is 0.858. The van der Waals surface area contributed by atoms with E-state index in [4.69, 9.17) is 17.3 Å². The van der Waals surface area contributed by atoms with Gasteiger partial charge in [0.25, 0.3) is 0 Å². The molecule has 19 heavy (non-hydrogen) atoms. The maximum absolute atomic E-state index is 6.48. The van der Waals surface area contributed by atoms with E-state index in [0.717, 1.165) is 22.4 Å². The average Bonchev–Trinajstić information content (AvgIpc) is 3.23. The van der Waals surface area contributed by atoms with Crippen LogP contribution in [-0.2, 0) is 0 Å². The molecule has 0 amide bonds. The van der Waals surface area contributed by atoms with Crippen molar-refractivity contribution in [3.63, 3.8) is 0 Å². The Morgan fingerprint density at radius 3 is 2.21 bits per heavy atom. The van der Waals surface area contributed by atoms with Crippen molar-refractivity contribution >= 4 is 17.3 Å². The van der Waals surface area contributed by atoms with Crippen LogP contribution in [0.3, 0.4) is 0 Å². The zero-order chi connectivity index (χ0) is 13.4. The third kappa shape index (κ3) is 3.43. The molecule has 104 valence electrons. The third-order valence-electron chi connectivity index (χ3n) is 4.19. The first-order valence-corrected chi connectivity index (χ1v) is 7.81. The van der Waals surface area contributed by atoms with Gasteiger partial charge in [0.1, 0.15) is 0 Å². The molecular formula is C16H23ClN2. The molecule has 0 aromatic heterocycles. The highest BCUT2D eigenvalue weighted by atomic mass is 35.5. The predicted molar refractivity (Wildman–Crippen MR) is 81.7 cm³/mol. The Morgan fingerprint density at radius 2 is 1.79 bits per heavy atom. The van der Waals surface area contributed by atoms with Crippen molar-refractivity contribution in [1.82, 2.24) is 0 Å². The van der Waals surface area contributed by atoms with Crippen LogP contribution in [0.15, 0.2) is 18.2 Å². The predicted octanol–water partition coefficient (Wildman–Crippen LogP) is 3.99. The lowest BCUT2D eigenvalue weighted by atomic mass is 10.1. The Kier molecular flexibility index (Phi) is 3.72. The summed E-state index contributed by atoms with van der Waals surface area (Å²) in [6.45, 7) is 4.35. The first-order chi connectivity index (χ1) is 9.13. The first-order valence-electron chi connectivity index (χ1n) is 7.43. The Bertz CT molecular complexity index is 436. The molecular weight excluding hydrogens is 256 g/mol. The molecule has 1 atom stereocenters. The smallest absolute Gasteiger partial charge is 0.0642 e. The van der Waals surface area contributed by atoms with E-state index in [2.05, 4.69) is 17.0 Å².